The monoisotopic (exact) mass is 467 g/mol. The van der Waals surface area contributed by atoms with Crippen molar-refractivity contribution >= 4 is 39.1 Å². The summed E-state index contributed by atoms with van der Waals surface area (Å²) in [4.78, 5) is 37.5. The normalized spacial score (nSPS) is 15.8. The maximum atomic E-state index is 13.5. The van der Waals surface area contributed by atoms with Gasteiger partial charge in [-0.3, -0.25) is 9.59 Å². The number of rotatable bonds is 4. The molecule has 1 amide bonds. The van der Waals surface area contributed by atoms with Crippen LogP contribution in [0.5, 0.6) is 17.2 Å². The molecule has 0 unspecified atom stereocenters. The van der Waals surface area contributed by atoms with E-state index in [9.17, 15) is 9.59 Å². The summed E-state index contributed by atoms with van der Waals surface area (Å²) in [5.41, 5.74) is 1.71. The van der Waals surface area contributed by atoms with Gasteiger partial charge in [0.2, 0.25) is 5.75 Å². The van der Waals surface area contributed by atoms with E-state index in [2.05, 4.69) is 4.98 Å². The maximum Gasteiger partial charge on any atom is 0.260 e. The predicted molar refractivity (Wildman–Crippen MR) is 127 cm³/mol. The molecule has 0 radical (unpaired) electrons. The minimum atomic E-state index is -0.239. The van der Waals surface area contributed by atoms with Gasteiger partial charge in [0.15, 0.2) is 11.5 Å². The Morgan fingerprint density at radius 1 is 1.21 bits per heavy atom. The molecule has 0 atom stereocenters. The molecular weight excluding hydrogens is 442 g/mol. The van der Waals surface area contributed by atoms with Crippen molar-refractivity contribution in [2.45, 2.75) is 26.7 Å². The van der Waals surface area contributed by atoms with Gasteiger partial charge in [0.1, 0.15) is 23.9 Å². The largest absolute Gasteiger partial charge is 0.493 e. The Morgan fingerprint density at radius 3 is 2.73 bits per heavy atom. The Balaban J connectivity index is 1.67. The highest BCUT2D eigenvalue weighted by molar-refractivity contribution is 7.18. The Labute approximate surface area is 194 Å². The molecule has 2 aliphatic heterocycles. The highest BCUT2D eigenvalue weighted by Gasteiger charge is 2.26. The Morgan fingerprint density at radius 2 is 1.97 bits per heavy atom. The molecule has 1 saturated heterocycles. The fraction of sp³-hybridized carbons (Fsp3) is 0.375. The van der Waals surface area contributed by atoms with Crippen LogP contribution in [0.2, 0.25) is 0 Å². The molecule has 0 spiro atoms. The fourth-order valence-corrected chi connectivity index (χ4v) is 5.28. The zero-order valence-corrected chi connectivity index (χ0v) is 19.6. The average molecular weight is 468 g/mol. The Hall–Kier alpha value is -3.33. The summed E-state index contributed by atoms with van der Waals surface area (Å²) in [6, 6.07) is 3.60. The van der Waals surface area contributed by atoms with Crippen LogP contribution in [-0.2, 0) is 4.79 Å². The first kappa shape index (κ1) is 21.5. The summed E-state index contributed by atoms with van der Waals surface area (Å²) in [7, 11) is 1.56. The topological polar surface area (TPSA) is 93.8 Å². The van der Waals surface area contributed by atoms with Gasteiger partial charge in [-0.25, -0.2) is 4.98 Å². The molecule has 1 N–H and O–H groups in total. The van der Waals surface area contributed by atoms with E-state index in [0.717, 1.165) is 23.3 Å². The molecular formula is C24H25N3O5S. The molecule has 33 heavy (non-hydrogen) atoms. The number of carbonyl (C=O) groups is 1. The number of hydrogen-bond acceptors (Lipinski definition) is 7. The molecule has 0 aliphatic carbocycles. The molecule has 2 aromatic heterocycles. The molecule has 172 valence electrons. The molecule has 8 nitrogen and oxygen atoms in total. The lowest BCUT2D eigenvalue weighted by Gasteiger charge is -2.21. The van der Waals surface area contributed by atoms with Crippen LogP contribution in [-0.4, -0.2) is 54.2 Å². The van der Waals surface area contributed by atoms with Crippen molar-refractivity contribution in [2.24, 2.45) is 0 Å². The van der Waals surface area contributed by atoms with Gasteiger partial charge in [0, 0.05) is 18.0 Å². The zero-order valence-electron chi connectivity index (χ0n) is 18.8. The van der Waals surface area contributed by atoms with Gasteiger partial charge in [-0.1, -0.05) is 0 Å². The molecule has 0 saturated carbocycles. The van der Waals surface area contributed by atoms with Crippen molar-refractivity contribution in [1.82, 2.24) is 14.9 Å². The third-order valence-electron chi connectivity index (χ3n) is 6.08. The minimum Gasteiger partial charge on any atom is -0.493 e. The number of aromatic nitrogens is 2. The summed E-state index contributed by atoms with van der Waals surface area (Å²) < 4.78 is 16.9. The van der Waals surface area contributed by atoms with E-state index in [1.165, 1.54) is 11.3 Å². The molecule has 9 heteroatoms. The third kappa shape index (κ3) is 3.86. The number of methoxy groups -OCH3 is 1. The van der Waals surface area contributed by atoms with Crippen molar-refractivity contribution in [3.05, 3.63) is 44.3 Å². The number of H-pyrrole nitrogens is 1. The van der Waals surface area contributed by atoms with Gasteiger partial charge < -0.3 is 24.1 Å². The highest BCUT2D eigenvalue weighted by atomic mass is 32.1. The lowest BCUT2D eigenvalue weighted by Crippen LogP contribution is -2.29. The maximum absolute atomic E-state index is 13.5. The van der Waals surface area contributed by atoms with Crippen LogP contribution in [0.1, 0.15) is 34.7 Å². The summed E-state index contributed by atoms with van der Waals surface area (Å²) in [6.45, 7) is 6.13. The standard InChI is InChI=1S/C24H25N3O5S/c1-13-14(2)33-23-19(13)22(28)25-21(26-23)16(24(29)27-6-4-5-7-27)10-15-11-17(30-3)20-18(12-15)31-8-9-32-20/h10-12H,4-9H2,1-3H3,(H,25,26,28)/b16-10-. The van der Waals surface area contributed by atoms with Crippen molar-refractivity contribution < 1.29 is 19.0 Å². The molecule has 1 aromatic carbocycles. The number of benzene rings is 1. The number of amides is 1. The van der Waals surface area contributed by atoms with Crippen LogP contribution >= 0.6 is 11.3 Å². The summed E-state index contributed by atoms with van der Waals surface area (Å²) in [5, 5.41) is 0.579. The van der Waals surface area contributed by atoms with Crippen LogP contribution in [0, 0.1) is 13.8 Å². The van der Waals surface area contributed by atoms with E-state index in [1.807, 2.05) is 19.9 Å². The number of ether oxygens (including phenoxy) is 3. The fourth-order valence-electron chi connectivity index (χ4n) is 4.25. The van der Waals surface area contributed by atoms with Crippen molar-refractivity contribution in [3.8, 4) is 17.2 Å². The van der Waals surface area contributed by atoms with Gasteiger partial charge in [-0.15, -0.1) is 11.3 Å². The van der Waals surface area contributed by atoms with E-state index in [4.69, 9.17) is 19.2 Å². The van der Waals surface area contributed by atoms with Crippen LogP contribution in [0.25, 0.3) is 21.9 Å². The first-order valence-electron chi connectivity index (χ1n) is 10.9. The van der Waals surface area contributed by atoms with Crippen molar-refractivity contribution in [1.29, 1.82) is 0 Å². The SMILES string of the molecule is COc1cc(/C=C(\C(=O)N2CCCC2)c2nc3sc(C)c(C)c3c(=O)[nH]2)cc2c1OCCO2. The molecule has 3 aromatic rings. The molecule has 2 aliphatic rings. The number of hydrogen-bond donors (Lipinski definition) is 1. The number of thiophene rings is 1. The summed E-state index contributed by atoms with van der Waals surface area (Å²) in [6.07, 6.45) is 3.66. The average Bonchev–Trinajstić information content (AvgIpc) is 3.45. The zero-order chi connectivity index (χ0) is 23.1. The predicted octanol–water partition coefficient (Wildman–Crippen LogP) is 3.54. The van der Waals surface area contributed by atoms with Crippen LogP contribution < -0.4 is 19.8 Å². The molecule has 0 bridgehead atoms. The number of aryl methyl sites for hydroxylation is 2. The smallest absolute Gasteiger partial charge is 0.260 e. The second-order valence-corrected chi connectivity index (χ2v) is 9.39. The van der Waals surface area contributed by atoms with Crippen molar-refractivity contribution in [3.63, 3.8) is 0 Å². The first-order valence-corrected chi connectivity index (χ1v) is 11.8. The Bertz CT molecular complexity index is 1320. The van der Waals surface area contributed by atoms with E-state index in [1.54, 1.807) is 24.2 Å². The van der Waals surface area contributed by atoms with Gasteiger partial charge >= 0.3 is 0 Å². The van der Waals surface area contributed by atoms with Crippen LogP contribution in [0.3, 0.4) is 0 Å². The second-order valence-electron chi connectivity index (χ2n) is 8.18. The van der Waals surface area contributed by atoms with E-state index in [0.29, 0.717) is 64.9 Å². The van der Waals surface area contributed by atoms with Gasteiger partial charge in [0.25, 0.3) is 11.5 Å². The van der Waals surface area contributed by atoms with Gasteiger partial charge in [0.05, 0.1) is 18.1 Å². The Kier molecular flexibility index (Phi) is 5.57. The lowest BCUT2D eigenvalue weighted by atomic mass is 10.1. The minimum absolute atomic E-state index is 0.158. The van der Waals surface area contributed by atoms with Gasteiger partial charge in [-0.2, -0.15) is 0 Å². The highest BCUT2D eigenvalue weighted by Crippen LogP contribution is 2.41. The van der Waals surface area contributed by atoms with E-state index in [-0.39, 0.29) is 17.3 Å². The number of nitrogens with one attached hydrogen (secondary N) is 1. The number of likely N-dealkylation sites (tertiary alicyclic amines) is 1. The van der Waals surface area contributed by atoms with Crippen LogP contribution in [0.4, 0.5) is 0 Å². The summed E-state index contributed by atoms with van der Waals surface area (Å²) in [5.74, 6) is 1.73. The number of nitrogens with zero attached hydrogens (tertiary/aromatic N) is 2. The number of carbonyl (C=O) groups excluding carboxylic acids is 1. The third-order valence-corrected chi connectivity index (χ3v) is 7.18. The number of aromatic amines is 1. The van der Waals surface area contributed by atoms with Crippen LogP contribution in [0.15, 0.2) is 16.9 Å². The molecule has 5 rings (SSSR count). The lowest BCUT2D eigenvalue weighted by molar-refractivity contribution is -0.123. The molecule has 1 fully saturated rings. The second kappa shape index (κ2) is 8.55. The van der Waals surface area contributed by atoms with E-state index < -0.39 is 0 Å². The number of fused-ring (bicyclic) bond motifs is 2. The molecule has 4 heterocycles. The summed E-state index contributed by atoms with van der Waals surface area (Å²) >= 11 is 1.46. The van der Waals surface area contributed by atoms with E-state index >= 15 is 0 Å². The quantitative estimate of drug-likeness (QED) is 0.590. The first-order chi connectivity index (χ1) is 16.0. The van der Waals surface area contributed by atoms with Gasteiger partial charge in [-0.05, 0) is 56.0 Å². The van der Waals surface area contributed by atoms with Crippen molar-refractivity contribution in [2.75, 3.05) is 33.4 Å².